The fourth-order valence-corrected chi connectivity index (χ4v) is 2.76. The topological polar surface area (TPSA) is 69.6 Å². The smallest absolute Gasteiger partial charge is 0.321 e. The average molecular weight is 359 g/mol. The van der Waals surface area contributed by atoms with E-state index in [0.717, 1.165) is 5.56 Å². The molecular weight excluding hydrogens is 343 g/mol. The minimum absolute atomic E-state index is 0.330. The van der Waals surface area contributed by atoms with Crippen LogP contribution in [0.3, 0.4) is 0 Å². The molecule has 7 heteroatoms. The number of carboxylic acid groups (broad SMARTS) is 1. The molecule has 1 aliphatic rings. The Hall–Kier alpha value is -1.63. The summed E-state index contributed by atoms with van der Waals surface area (Å²) in [6, 6.07) is 2.53. The highest BCUT2D eigenvalue weighted by molar-refractivity contribution is 9.10. The van der Waals surface area contributed by atoms with Gasteiger partial charge in [-0.1, -0.05) is 0 Å². The Labute approximate surface area is 130 Å². The molecule has 0 radical (unpaired) electrons. The summed E-state index contributed by atoms with van der Waals surface area (Å²) in [4.78, 5) is 24.6. The number of amides is 2. The van der Waals surface area contributed by atoms with Crippen molar-refractivity contribution >= 4 is 33.6 Å². The van der Waals surface area contributed by atoms with Gasteiger partial charge in [-0.25, -0.2) is 9.18 Å². The van der Waals surface area contributed by atoms with Crippen LogP contribution in [-0.2, 0) is 4.79 Å². The van der Waals surface area contributed by atoms with Crippen molar-refractivity contribution in [3.63, 3.8) is 0 Å². The quantitative estimate of drug-likeness (QED) is 0.852. The lowest BCUT2D eigenvalue weighted by Gasteiger charge is -2.30. The van der Waals surface area contributed by atoms with Gasteiger partial charge < -0.3 is 15.3 Å². The van der Waals surface area contributed by atoms with Crippen LogP contribution >= 0.6 is 15.9 Å². The molecular formula is C14H16BrFN2O3. The lowest BCUT2D eigenvalue weighted by molar-refractivity contribution is -0.143. The number of aliphatic carboxylic acids is 1. The number of carbonyl (C=O) groups is 2. The third-order valence-corrected chi connectivity index (χ3v) is 4.25. The Bertz CT molecular complexity index is 572. The summed E-state index contributed by atoms with van der Waals surface area (Å²) in [7, 11) is 0. The molecule has 114 valence electrons. The number of carbonyl (C=O) groups excluding carboxylic acids is 1. The number of hydrogen-bond acceptors (Lipinski definition) is 2. The Morgan fingerprint density at radius 1 is 1.38 bits per heavy atom. The van der Waals surface area contributed by atoms with Crippen LogP contribution in [0.25, 0.3) is 0 Å². The van der Waals surface area contributed by atoms with Crippen molar-refractivity contribution in [2.24, 2.45) is 5.92 Å². The zero-order valence-electron chi connectivity index (χ0n) is 11.5. The third-order valence-electron chi connectivity index (χ3n) is 3.64. The molecule has 2 rings (SSSR count). The van der Waals surface area contributed by atoms with Gasteiger partial charge in [0, 0.05) is 18.8 Å². The Morgan fingerprint density at radius 2 is 2.00 bits per heavy atom. The molecule has 0 unspecified atom stereocenters. The van der Waals surface area contributed by atoms with Gasteiger partial charge >= 0.3 is 12.0 Å². The van der Waals surface area contributed by atoms with E-state index < -0.39 is 11.8 Å². The standard InChI is InChI=1S/C14H16BrFN2O3/c1-8-6-10(15)11(16)7-12(8)17-14(21)18-4-2-9(3-5-18)13(19)20/h6-7,9H,2-5H2,1H3,(H,17,21)(H,19,20). The Balaban J connectivity index is 2.00. The number of anilines is 1. The fraction of sp³-hybridized carbons (Fsp3) is 0.429. The van der Waals surface area contributed by atoms with Gasteiger partial charge in [0.15, 0.2) is 0 Å². The van der Waals surface area contributed by atoms with Crippen LogP contribution < -0.4 is 5.32 Å². The lowest BCUT2D eigenvalue weighted by Crippen LogP contribution is -2.42. The number of rotatable bonds is 2. The maximum Gasteiger partial charge on any atom is 0.321 e. The van der Waals surface area contributed by atoms with Crippen LogP contribution in [0.15, 0.2) is 16.6 Å². The summed E-state index contributed by atoms with van der Waals surface area (Å²) in [5.41, 5.74) is 1.16. The molecule has 1 aromatic rings. The summed E-state index contributed by atoms with van der Waals surface area (Å²) >= 11 is 3.09. The van der Waals surface area contributed by atoms with Gasteiger partial charge in [0.1, 0.15) is 5.82 Å². The minimum Gasteiger partial charge on any atom is -0.481 e. The monoisotopic (exact) mass is 358 g/mol. The number of aryl methyl sites for hydroxylation is 1. The van der Waals surface area contributed by atoms with E-state index in [2.05, 4.69) is 21.2 Å². The SMILES string of the molecule is Cc1cc(Br)c(F)cc1NC(=O)N1CCC(C(=O)O)CC1. The molecule has 1 fully saturated rings. The first-order chi connectivity index (χ1) is 9.88. The molecule has 0 spiro atoms. The third kappa shape index (κ3) is 3.72. The second kappa shape index (κ2) is 6.43. The van der Waals surface area contributed by atoms with E-state index in [1.54, 1.807) is 17.9 Å². The summed E-state index contributed by atoms with van der Waals surface area (Å²) in [6.07, 6.45) is 0.882. The molecule has 0 aromatic heterocycles. The fourth-order valence-electron chi connectivity index (χ4n) is 2.30. The Kier molecular flexibility index (Phi) is 4.82. The summed E-state index contributed by atoms with van der Waals surface area (Å²) in [6.45, 7) is 2.55. The van der Waals surface area contributed by atoms with Crippen LogP contribution in [0.4, 0.5) is 14.9 Å². The van der Waals surface area contributed by atoms with Crippen molar-refractivity contribution < 1.29 is 19.1 Å². The molecule has 2 amide bonds. The van der Waals surface area contributed by atoms with Crippen molar-refractivity contribution in [3.05, 3.63) is 28.0 Å². The zero-order valence-corrected chi connectivity index (χ0v) is 13.1. The highest BCUT2D eigenvalue weighted by atomic mass is 79.9. The van der Waals surface area contributed by atoms with E-state index in [-0.39, 0.29) is 11.9 Å². The van der Waals surface area contributed by atoms with Crippen LogP contribution in [-0.4, -0.2) is 35.1 Å². The molecule has 5 nitrogen and oxygen atoms in total. The van der Waals surface area contributed by atoms with Crippen molar-refractivity contribution in [1.29, 1.82) is 0 Å². The maximum absolute atomic E-state index is 13.5. The maximum atomic E-state index is 13.5. The molecule has 21 heavy (non-hydrogen) atoms. The molecule has 2 N–H and O–H groups in total. The predicted octanol–water partition coefficient (Wildman–Crippen LogP) is 3.23. The zero-order chi connectivity index (χ0) is 15.6. The number of likely N-dealkylation sites (tertiary alicyclic amines) is 1. The summed E-state index contributed by atoms with van der Waals surface area (Å²) in [5, 5.41) is 11.6. The van der Waals surface area contributed by atoms with Gasteiger partial charge in [0.05, 0.1) is 10.4 Å². The number of benzene rings is 1. The van der Waals surface area contributed by atoms with Gasteiger partial charge in [-0.15, -0.1) is 0 Å². The van der Waals surface area contributed by atoms with Crippen molar-refractivity contribution in [3.8, 4) is 0 Å². The molecule has 1 heterocycles. The summed E-state index contributed by atoms with van der Waals surface area (Å²) < 4.78 is 13.9. The van der Waals surface area contributed by atoms with Crippen molar-refractivity contribution in [2.45, 2.75) is 19.8 Å². The van der Waals surface area contributed by atoms with Gasteiger partial charge in [0.25, 0.3) is 0 Å². The number of urea groups is 1. The Morgan fingerprint density at radius 3 is 2.57 bits per heavy atom. The first-order valence-corrected chi connectivity index (χ1v) is 7.42. The van der Waals surface area contributed by atoms with Crippen LogP contribution in [0.2, 0.25) is 0 Å². The van der Waals surface area contributed by atoms with Crippen molar-refractivity contribution in [1.82, 2.24) is 4.90 Å². The largest absolute Gasteiger partial charge is 0.481 e. The van der Waals surface area contributed by atoms with Gasteiger partial charge in [0.2, 0.25) is 0 Å². The minimum atomic E-state index is -0.819. The lowest BCUT2D eigenvalue weighted by atomic mass is 9.97. The van der Waals surface area contributed by atoms with Gasteiger partial charge in [-0.2, -0.15) is 0 Å². The molecule has 1 saturated heterocycles. The highest BCUT2D eigenvalue weighted by Gasteiger charge is 2.27. The number of nitrogens with zero attached hydrogens (tertiary/aromatic N) is 1. The van der Waals surface area contributed by atoms with E-state index in [0.29, 0.717) is 36.1 Å². The molecule has 0 atom stereocenters. The van der Waals surface area contributed by atoms with E-state index in [9.17, 15) is 14.0 Å². The number of carboxylic acids is 1. The van der Waals surface area contributed by atoms with E-state index in [4.69, 9.17) is 5.11 Å². The molecule has 0 saturated carbocycles. The van der Waals surface area contributed by atoms with Crippen LogP contribution in [0.1, 0.15) is 18.4 Å². The molecule has 1 aliphatic heterocycles. The first-order valence-electron chi connectivity index (χ1n) is 6.63. The molecule has 0 bridgehead atoms. The van der Waals surface area contributed by atoms with Gasteiger partial charge in [-0.05, 0) is 53.4 Å². The summed E-state index contributed by atoms with van der Waals surface area (Å²) in [5.74, 6) is -1.65. The number of halogens is 2. The van der Waals surface area contributed by atoms with E-state index in [1.165, 1.54) is 6.07 Å². The highest BCUT2D eigenvalue weighted by Crippen LogP contribution is 2.25. The normalized spacial score (nSPS) is 15.9. The van der Waals surface area contributed by atoms with E-state index >= 15 is 0 Å². The molecule has 0 aliphatic carbocycles. The van der Waals surface area contributed by atoms with Crippen LogP contribution in [0, 0.1) is 18.7 Å². The van der Waals surface area contributed by atoms with E-state index in [1.807, 2.05) is 0 Å². The van der Waals surface area contributed by atoms with Gasteiger partial charge in [-0.3, -0.25) is 4.79 Å². The van der Waals surface area contributed by atoms with Crippen LogP contribution in [0.5, 0.6) is 0 Å². The molecule has 1 aromatic carbocycles. The number of piperidine rings is 1. The first kappa shape index (κ1) is 15.8. The number of nitrogens with one attached hydrogen (secondary N) is 1. The predicted molar refractivity (Wildman–Crippen MR) is 79.8 cm³/mol. The van der Waals surface area contributed by atoms with Crippen molar-refractivity contribution in [2.75, 3.05) is 18.4 Å². The number of hydrogen-bond donors (Lipinski definition) is 2. The second-order valence-corrected chi connectivity index (χ2v) is 5.97. The second-order valence-electron chi connectivity index (χ2n) is 5.11. The average Bonchev–Trinajstić information content (AvgIpc) is 2.44.